The van der Waals surface area contributed by atoms with E-state index in [0.717, 1.165) is 22.5 Å². The molecule has 0 aromatic carbocycles. The average Bonchev–Trinajstić information content (AvgIpc) is 2.67. The van der Waals surface area contributed by atoms with Crippen LogP contribution in [0.5, 0.6) is 0 Å². The van der Waals surface area contributed by atoms with Crippen molar-refractivity contribution in [2.45, 2.75) is 33.2 Å². The van der Waals surface area contributed by atoms with Crippen LogP contribution in [0.15, 0.2) is 24.5 Å². The van der Waals surface area contributed by atoms with Gasteiger partial charge in [-0.1, -0.05) is 13.8 Å². The van der Waals surface area contributed by atoms with Gasteiger partial charge in [-0.2, -0.15) is 15.5 Å². The van der Waals surface area contributed by atoms with Crippen molar-refractivity contribution in [3.05, 3.63) is 47.0 Å². The summed E-state index contributed by atoms with van der Waals surface area (Å²) in [7, 11) is 0. The molecule has 0 amide bonds. The smallest absolute Gasteiger partial charge is 0.101 e. The lowest BCUT2D eigenvalue weighted by Crippen LogP contribution is -2.04. The fourth-order valence-corrected chi connectivity index (χ4v) is 2.25. The fourth-order valence-electron chi connectivity index (χ4n) is 2.25. The molecule has 2 rings (SSSR count). The first kappa shape index (κ1) is 12.3. The number of aromatic nitrogens is 3. The van der Waals surface area contributed by atoms with Gasteiger partial charge in [0.05, 0.1) is 17.8 Å². The minimum absolute atomic E-state index is 0.350. The van der Waals surface area contributed by atoms with Crippen molar-refractivity contribution in [1.82, 2.24) is 14.8 Å². The van der Waals surface area contributed by atoms with Crippen LogP contribution < -0.4 is 0 Å². The molecule has 0 fully saturated rings. The summed E-state index contributed by atoms with van der Waals surface area (Å²) in [6, 6.07) is 6.08. The van der Waals surface area contributed by atoms with Crippen molar-refractivity contribution < 1.29 is 0 Å². The van der Waals surface area contributed by atoms with Crippen molar-refractivity contribution in [2.75, 3.05) is 0 Å². The number of hydrogen-bond donors (Lipinski definition) is 0. The van der Waals surface area contributed by atoms with E-state index in [0.29, 0.717) is 12.5 Å². The lowest BCUT2D eigenvalue weighted by Gasteiger charge is -2.08. The third kappa shape index (κ3) is 2.25. The van der Waals surface area contributed by atoms with Gasteiger partial charge in [-0.3, -0.25) is 0 Å². The van der Waals surface area contributed by atoms with Crippen molar-refractivity contribution in [3.63, 3.8) is 0 Å². The molecule has 0 saturated heterocycles. The summed E-state index contributed by atoms with van der Waals surface area (Å²) in [4.78, 5) is 0. The molecule has 2 heterocycles. The van der Waals surface area contributed by atoms with Gasteiger partial charge in [0.15, 0.2) is 0 Å². The molecule has 4 nitrogen and oxygen atoms in total. The van der Waals surface area contributed by atoms with Gasteiger partial charge in [-0.25, -0.2) is 0 Å². The molecule has 0 spiro atoms. The molecular formula is C14H16N4. The Labute approximate surface area is 107 Å². The van der Waals surface area contributed by atoms with Crippen LogP contribution >= 0.6 is 0 Å². The monoisotopic (exact) mass is 240 g/mol. The van der Waals surface area contributed by atoms with Gasteiger partial charge < -0.3 is 4.57 Å². The highest BCUT2D eigenvalue weighted by molar-refractivity contribution is 5.42. The van der Waals surface area contributed by atoms with E-state index < -0.39 is 0 Å². The van der Waals surface area contributed by atoms with Gasteiger partial charge in [-0.05, 0) is 30.5 Å². The molecule has 2 aromatic rings. The third-order valence-electron chi connectivity index (χ3n) is 3.05. The van der Waals surface area contributed by atoms with Crippen molar-refractivity contribution in [2.24, 2.45) is 0 Å². The van der Waals surface area contributed by atoms with E-state index in [-0.39, 0.29) is 0 Å². The summed E-state index contributed by atoms with van der Waals surface area (Å²) in [6.07, 6.45) is 3.56. The summed E-state index contributed by atoms with van der Waals surface area (Å²) in [5.41, 5.74) is 3.91. The normalized spacial score (nSPS) is 10.6. The lowest BCUT2D eigenvalue weighted by molar-refractivity contribution is 0.725. The van der Waals surface area contributed by atoms with E-state index in [1.54, 1.807) is 6.20 Å². The van der Waals surface area contributed by atoms with Crippen LogP contribution in [0, 0.1) is 18.3 Å². The van der Waals surface area contributed by atoms with Crippen LogP contribution in [-0.4, -0.2) is 14.8 Å². The molecule has 0 atom stereocenters. The van der Waals surface area contributed by atoms with Gasteiger partial charge in [-0.15, -0.1) is 0 Å². The predicted molar refractivity (Wildman–Crippen MR) is 69.1 cm³/mol. The van der Waals surface area contributed by atoms with E-state index >= 15 is 0 Å². The maximum Gasteiger partial charge on any atom is 0.101 e. The highest BCUT2D eigenvalue weighted by Crippen LogP contribution is 2.25. The van der Waals surface area contributed by atoms with Crippen LogP contribution in [0.25, 0.3) is 0 Å². The number of rotatable bonds is 3. The van der Waals surface area contributed by atoms with Crippen molar-refractivity contribution in [3.8, 4) is 6.07 Å². The Kier molecular flexibility index (Phi) is 3.42. The lowest BCUT2D eigenvalue weighted by atomic mass is 10.00. The molecule has 0 unspecified atom stereocenters. The Bertz CT molecular complexity index is 576. The number of hydrogen-bond acceptors (Lipinski definition) is 3. The predicted octanol–water partition coefficient (Wildman–Crippen LogP) is 2.63. The largest absolute Gasteiger partial charge is 0.344 e. The second-order valence-corrected chi connectivity index (χ2v) is 4.65. The SMILES string of the molecule is Cc1c(C(C)C)c(C#N)cn1Cc1cccnn1. The number of nitrogens with zero attached hydrogens (tertiary/aromatic N) is 4. The molecule has 4 heteroatoms. The zero-order valence-corrected chi connectivity index (χ0v) is 10.9. The minimum atomic E-state index is 0.350. The maximum atomic E-state index is 9.18. The fraction of sp³-hybridized carbons (Fsp3) is 0.357. The molecule has 0 bridgehead atoms. The Hall–Kier alpha value is -2.15. The third-order valence-corrected chi connectivity index (χ3v) is 3.05. The van der Waals surface area contributed by atoms with Crippen LogP contribution in [0.3, 0.4) is 0 Å². The van der Waals surface area contributed by atoms with Gasteiger partial charge in [0, 0.05) is 18.1 Å². The molecular weight excluding hydrogens is 224 g/mol. The highest BCUT2D eigenvalue weighted by atomic mass is 15.1. The summed E-state index contributed by atoms with van der Waals surface area (Å²) in [5, 5.41) is 17.1. The quantitative estimate of drug-likeness (QED) is 0.828. The summed E-state index contributed by atoms with van der Waals surface area (Å²) in [6.45, 7) is 6.92. The number of nitriles is 1. The second-order valence-electron chi connectivity index (χ2n) is 4.65. The molecule has 0 N–H and O–H groups in total. The highest BCUT2D eigenvalue weighted by Gasteiger charge is 2.15. The standard InChI is InChI=1S/C14H16N4/c1-10(2)14-11(3)18(8-12(14)7-15)9-13-5-4-6-16-17-13/h4-6,8,10H,9H2,1-3H3. The van der Waals surface area contributed by atoms with Crippen LogP contribution in [-0.2, 0) is 6.54 Å². The first-order valence-electron chi connectivity index (χ1n) is 5.99. The van der Waals surface area contributed by atoms with E-state index in [9.17, 15) is 5.26 Å². The maximum absolute atomic E-state index is 9.18. The average molecular weight is 240 g/mol. The summed E-state index contributed by atoms with van der Waals surface area (Å²) >= 11 is 0. The van der Waals surface area contributed by atoms with E-state index in [4.69, 9.17) is 0 Å². The van der Waals surface area contributed by atoms with Crippen LogP contribution in [0.1, 0.15) is 42.3 Å². The first-order chi connectivity index (χ1) is 8.63. The zero-order valence-electron chi connectivity index (χ0n) is 10.9. The van der Waals surface area contributed by atoms with Crippen molar-refractivity contribution >= 4 is 0 Å². The van der Waals surface area contributed by atoms with Gasteiger partial charge in [0.25, 0.3) is 0 Å². The Balaban J connectivity index is 2.39. The van der Waals surface area contributed by atoms with E-state index in [1.807, 2.05) is 25.3 Å². The minimum Gasteiger partial charge on any atom is -0.344 e. The molecule has 92 valence electrons. The Morgan fingerprint density at radius 3 is 2.72 bits per heavy atom. The van der Waals surface area contributed by atoms with Crippen LogP contribution in [0.2, 0.25) is 0 Å². The molecule has 18 heavy (non-hydrogen) atoms. The van der Waals surface area contributed by atoms with Gasteiger partial charge in [0.1, 0.15) is 6.07 Å². The second kappa shape index (κ2) is 5.01. The van der Waals surface area contributed by atoms with Crippen molar-refractivity contribution in [1.29, 1.82) is 5.26 Å². The van der Waals surface area contributed by atoms with Gasteiger partial charge >= 0.3 is 0 Å². The zero-order chi connectivity index (χ0) is 13.1. The summed E-state index contributed by atoms with van der Waals surface area (Å²) < 4.78 is 2.07. The molecule has 0 aliphatic rings. The van der Waals surface area contributed by atoms with Crippen LogP contribution in [0.4, 0.5) is 0 Å². The summed E-state index contributed by atoms with van der Waals surface area (Å²) in [5.74, 6) is 0.350. The van der Waals surface area contributed by atoms with E-state index in [2.05, 4.69) is 34.7 Å². The van der Waals surface area contributed by atoms with Gasteiger partial charge in [0.2, 0.25) is 0 Å². The molecule has 0 aliphatic heterocycles. The molecule has 2 aromatic heterocycles. The Morgan fingerprint density at radius 2 is 2.22 bits per heavy atom. The topological polar surface area (TPSA) is 54.5 Å². The Morgan fingerprint density at radius 1 is 1.44 bits per heavy atom. The molecule has 0 radical (unpaired) electrons. The first-order valence-corrected chi connectivity index (χ1v) is 5.99. The molecule has 0 aliphatic carbocycles. The molecule has 0 saturated carbocycles. The van der Waals surface area contributed by atoms with E-state index in [1.165, 1.54) is 0 Å².